The third kappa shape index (κ3) is 12.5. The molecule has 3 rings (SSSR count). The summed E-state index contributed by atoms with van der Waals surface area (Å²) in [4.78, 5) is 1.90. The number of unbranched alkanes of at least 4 members (excludes halogenated alkanes) is 12. The zero-order chi connectivity index (χ0) is 24.8. The van der Waals surface area contributed by atoms with Crippen LogP contribution in [0.15, 0.2) is 48.5 Å². The largest absolute Gasteiger partial charge is 0.813 e. The maximum atomic E-state index is 10.8. The molecule has 1 saturated heterocycles. The number of aliphatic hydroxyl groups is 1. The number of anilines is 2. The van der Waals surface area contributed by atoms with Gasteiger partial charge in [-0.25, -0.2) is 4.18 Å². The molecule has 0 spiro atoms. The molecule has 1 N–H and O–H groups in total. The minimum atomic E-state index is -1.31. The molecule has 2 aromatic carbocycles. The molecule has 0 aliphatic carbocycles. The van der Waals surface area contributed by atoms with Crippen molar-refractivity contribution in [1.29, 1.82) is 0 Å². The molecule has 37 heavy (non-hydrogen) atoms. The minimum Gasteiger partial charge on any atom is -0.813 e. The molecule has 0 radical (unpaired) electrons. The molecule has 0 aromatic heterocycles. The van der Waals surface area contributed by atoms with Gasteiger partial charge in [0.25, 0.3) is 0 Å². The van der Waals surface area contributed by atoms with Crippen LogP contribution in [0.1, 0.15) is 115 Å². The molecule has 6 heteroatoms. The van der Waals surface area contributed by atoms with E-state index in [4.69, 9.17) is 4.18 Å². The Hall–Kier alpha value is -0.452. The van der Waals surface area contributed by atoms with Crippen LogP contribution in [0.25, 0.3) is 0 Å². The van der Waals surface area contributed by atoms with Gasteiger partial charge < -0.3 is 18.6 Å². The van der Waals surface area contributed by atoms with Gasteiger partial charge >= 0.3 is 5.24 Å². The number of nitrogens with zero attached hydrogens (tertiary/aromatic N) is 1. The van der Waals surface area contributed by atoms with Crippen LogP contribution in [0.2, 0.25) is 0 Å². The molecule has 0 amide bonds. The second kappa shape index (κ2) is 19.6. The summed E-state index contributed by atoms with van der Waals surface area (Å²) in [5.41, 5.74) is 4.65. The monoisotopic (exact) mass is 628 g/mol. The molecule has 1 aliphatic heterocycles. The third-order valence-corrected chi connectivity index (χ3v) is 7.69. The van der Waals surface area contributed by atoms with Gasteiger partial charge in [0, 0.05) is 32.4 Å². The first-order chi connectivity index (χ1) is 17.2. The molecule has 1 heterocycles. The van der Waals surface area contributed by atoms with Gasteiger partial charge in [-0.3, -0.25) is 4.90 Å². The standard InChI is InChI=1S/C31H47NO2S.Mo.H2S/c1-3-5-7-9-11-13-15-17-27-19-23-29(24-20-27)32(31(33)34-35-31)30-25-21-28(22-26-30)18-16-14-12-10-8-6-4-2;;/h19-26,33H,3-18H2,1-2H3;;1H2/p-1. The fourth-order valence-electron chi connectivity index (χ4n) is 4.78. The van der Waals surface area contributed by atoms with Gasteiger partial charge in [0.15, 0.2) is 0 Å². The fourth-order valence-corrected chi connectivity index (χ4v) is 5.22. The summed E-state index contributed by atoms with van der Waals surface area (Å²) in [5.74, 6) is 0. The van der Waals surface area contributed by atoms with Crippen LogP contribution < -0.4 is 4.90 Å². The Balaban J connectivity index is 0.00000342. The van der Waals surface area contributed by atoms with E-state index in [-0.39, 0.29) is 34.6 Å². The minimum absolute atomic E-state index is 0. The average molecular weight is 627 g/mol. The summed E-state index contributed by atoms with van der Waals surface area (Å²) in [5, 5.41) is 9.52. The maximum absolute atomic E-state index is 10.8. The van der Waals surface area contributed by atoms with Crippen LogP contribution >= 0.6 is 12.0 Å². The van der Waals surface area contributed by atoms with E-state index in [2.05, 4.69) is 62.4 Å². The van der Waals surface area contributed by atoms with Crippen molar-refractivity contribution in [2.45, 2.75) is 122 Å². The topological polar surface area (TPSA) is 36.0 Å². The molecule has 1 fully saturated rings. The Bertz CT molecular complexity index is 767. The van der Waals surface area contributed by atoms with Crippen molar-refractivity contribution < 1.29 is 30.4 Å². The molecule has 3 nitrogen and oxygen atoms in total. The van der Waals surface area contributed by atoms with E-state index >= 15 is 0 Å². The van der Waals surface area contributed by atoms with Crippen molar-refractivity contribution >= 4 is 36.9 Å². The average Bonchev–Trinajstić information content (AvgIpc) is 3.62. The van der Waals surface area contributed by atoms with Crippen molar-refractivity contribution in [1.82, 2.24) is 0 Å². The van der Waals surface area contributed by atoms with E-state index in [1.807, 2.05) is 4.90 Å². The fraction of sp³-hybridized carbons (Fsp3) is 0.613. The number of thiol groups is 1. The van der Waals surface area contributed by atoms with Gasteiger partial charge in [-0.2, -0.15) is 0 Å². The molecule has 0 bridgehead atoms. The van der Waals surface area contributed by atoms with Gasteiger partial charge in [-0.15, -0.1) is 0 Å². The first-order valence-corrected chi connectivity index (χ1v) is 15.0. The van der Waals surface area contributed by atoms with Crippen LogP contribution in [0, 0.1) is 0 Å². The first kappa shape index (κ1) is 34.6. The number of hydrogen-bond acceptors (Lipinski definition) is 5. The number of rotatable bonds is 19. The van der Waals surface area contributed by atoms with E-state index in [1.54, 1.807) is 0 Å². The predicted octanol–water partition coefficient (Wildman–Crippen LogP) is 9.42. The molecule has 1 atom stereocenters. The van der Waals surface area contributed by atoms with E-state index in [9.17, 15) is 5.11 Å². The molecule has 0 saturated carbocycles. The van der Waals surface area contributed by atoms with Gasteiger partial charge in [0.1, 0.15) is 0 Å². The Morgan fingerprint density at radius 2 is 0.946 bits per heavy atom. The predicted molar refractivity (Wildman–Crippen MR) is 161 cm³/mol. The zero-order valence-electron chi connectivity index (χ0n) is 23.0. The van der Waals surface area contributed by atoms with Crippen LogP contribution in [0.5, 0.6) is 0 Å². The number of aryl methyl sites for hydroxylation is 2. The summed E-state index contributed by atoms with van der Waals surface area (Å²) >= 11 is 1.11. The maximum Gasteiger partial charge on any atom is 0.344 e. The number of benzene rings is 2. The van der Waals surface area contributed by atoms with E-state index in [0.717, 1.165) is 36.3 Å². The van der Waals surface area contributed by atoms with E-state index in [1.165, 1.54) is 101 Å². The summed E-state index contributed by atoms with van der Waals surface area (Å²) in [6, 6.07) is 17.3. The van der Waals surface area contributed by atoms with Crippen LogP contribution in [-0.2, 0) is 51.6 Å². The Morgan fingerprint density at radius 3 is 1.27 bits per heavy atom. The van der Waals surface area contributed by atoms with Crippen LogP contribution in [0.4, 0.5) is 11.4 Å². The number of hydrogen-bond donors (Lipinski definition) is 1. The van der Waals surface area contributed by atoms with Crippen molar-refractivity contribution in [2.75, 3.05) is 4.90 Å². The van der Waals surface area contributed by atoms with Gasteiger partial charge in [-0.1, -0.05) is 115 Å². The first-order valence-electron chi connectivity index (χ1n) is 14.2. The van der Waals surface area contributed by atoms with Gasteiger partial charge in [-0.05, 0) is 61.1 Å². The molecular weight excluding hydrogens is 578 g/mol. The molecule has 1 unspecified atom stereocenters. The summed E-state index contributed by atoms with van der Waals surface area (Å²) < 4.78 is 5.37. The summed E-state index contributed by atoms with van der Waals surface area (Å²) in [7, 11) is 0. The molecule has 208 valence electrons. The van der Waals surface area contributed by atoms with E-state index < -0.39 is 5.24 Å². The molecule has 2 aromatic rings. The molecule has 1 aliphatic rings. The zero-order valence-corrected chi connectivity index (χ0v) is 26.7. The van der Waals surface area contributed by atoms with Crippen molar-refractivity contribution in [2.24, 2.45) is 0 Å². The van der Waals surface area contributed by atoms with Gasteiger partial charge in [0.05, 0.1) is 12.0 Å². The van der Waals surface area contributed by atoms with E-state index in [0.29, 0.717) is 0 Å². The van der Waals surface area contributed by atoms with Crippen LogP contribution in [0.3, 0.4) is 0 Å². The third-order valence-electron chi connectivity index (χ3n) is 7.04. The second-order valence-corrected chi connectivity index (χ2v) is 11.0. The smallest absolute Gasteiger partial charge is 0.344 e. The Labute approximate surface area is 252 Å². The summed E-state index contributed by atoms with van der Waals surface area (Å²) in [6.07, 6.45) is 20.9. The second-order valence-electron chi connectivity index (χ2n) is 10.1. The van der Waals surface area contributed by atoms with Crippen LogP contribution in [-0.4, -0.2) is 10.3 Å². The normalized spacial score (nSPS) is 16.1. The van der Waals surface area contributed by atoms with Crippen molar-refractivity contribution in [3.63, 3.8) is 0 Å². The van der Waals surface area contributed by atoms with Crippen molar-refractivity contribution in [3.05, 3.63) is 59.7 Å². The molecular formula is C31H48MoNO2S2-. The Morgan fingerprint density at radius 1 is 0.622 bits per heavy atom. The SMILES string of the molecule is CCCCCCCCCc1ccc(N(c2ccc(CCCCCCCCC)cc2)C2(O)OS2)cc1.[Mo].[SH-]. The van der Waals surface area contributed by atoms with Crippen molar-refractivity contribution in [3.8, 4) is 0 Å². The van der Waals surface area contributed by atoms with Gasteiger partial charge in [0.2, 0.25) is 0 Å². The summed E-state index contributed by atoms with van der Waals surface area (Å²) in [6.45, 7) is 4.54. The Kier molecular flexibility index (Phi) is 18.3. The quantitative estimate of drug-likeness (QED) is 0.0320.